The molecule has 88 valence electrons. The van der Waals surface area contributed by atoms with Crippen LogP contribution in [0.4, 0.5) is 14.5 Å². The summed E-state index contributed by atoms with van der Waals surface area (Å²) in [6.45, 7) is 0. The number of halogens is 2. The van der Waals surface area contributed by atoms with Crippen LogP contribution in [0.1, 0.15) is 0 Å². The number of hydrogen-bond acceptors (Lipinski definition) is 3. The van der Waals surface area contributed by atoms with Gasteiger partial charge in [0.1, 0.15) is 5.82 Å². The van der Waals surface area contributed by atoms with Crippen LogP contribution in [0.5, 0.6) is 0 Å². The SMILES string of the molecule is CN(C)c1cc(F)cnc1-c1ccnc(F)c1. The summed E-state index contributed by atoms with van der Waals surface area (Å²) in [6.07, 6.45) is 2.47. The lowest BCUT2D eigenvalue weighted by Crippen LogP contribution is -2.11. The molecule has 2 aromatic heterocycles. The topological polar surface area (TPSA) is 29.0 Å². The number of nitrogens with zero attached hydrogens (tertiary/aromatic N) is 3. The summed E-state index contributed by atoms with van der Waals surface area (Å²) in [7, 11) is 3.55. The molecule has 0 aliphatic carbocycles. The van der Waals surface area contributed by atoms with Crippen molar-refractivity contribution in [3.05, 3.63) is 42.4 Å². The first-order valence-corrected chi connectivity index (χ1v) is 5.02. The minimum absolute atomic E-state index is 0.424. The maximum absolute atomic E-state index is 13.1. The van der Waals surface area contributed by atoms with Crippen molar-refractivity contribution in [3.63, 3.8) is 0 Å². The van der Waals surface area contributed by atoms with Gasteiger partial charge in [0.15, 0.2) is 0 Å². The normalized spacial score (nSPS) is 10.4. The fourth-order valence-electron chi connectivity index (χ4n) is 1.54. The van der Waals surface area contributed by atoms with Crippen molar-refractivity contribution in [1.29, 1.82) is 0 Å². The predicted octanol–water partition coefficient (Wildman–Crippen LogP) is 2.49. The van der Waals surface area contributed by atoms with Crippen LogP contribution < -0.4 is 4.90 Å². The second-order valence-corrected chi connectivity index (χ2v) is 3.78. The lowest BCUT2D eigenvalue weighted by Gasteiger charge is -2.16. The maximum Gasteiger partial charge on any atom is 0.213 e. The van der Waals surface area contributed by atoms with Crippen LogP contribution in [0, 0.1) is 11.8 Å². The zero-order valence-corrected chi connectivity index (χ0v) is 9.48. The third-order valence-corrected chi connectivity index (χ3v) is 2.32. The molecule has 5 heteroatoms. The molecule has 0 fully saturated rings. The zero-order valence-electron chi connectivity index (χ0n) is 9.48. The summed E-state index contributed by atoms with van der Waals surface area (Å²) in [5, 5.41) is 0. The highest BCUT2D eigenvalue weighted by atomic mass is 19.1. The monoisotopic (exact) mass is 235 g/mol. The summed E-state index contributed by atoms with van der Waals surface area (Å²) in [6, 6.07) is 4.27. The lowest BCUT2D eigenvalue weighted by molar-refractivity contribution is 0.584. The molecule has 0 aromatic carbocycles. The molecule has 0 N–H and O–H groups in total. The third-order valence-electron chi connectivity index (χ3n) is 2.32. The van der Waals surface area contributed by atoms with Crippen LogP contribution in [0.25, 0.3) is 11.3 Å². The van der Waals surface area contributed by atoms with Crippen molar-refractivity contribution < 1.29 is 8.78 Å². The molecule has 0 radical (unpaired) electrons. The van der Waals surface area contributed by atoms with Gasteiger partial charge < -0.3 is 4.90 Å². The van der Waals surface area contributed by atoms with Gasteiger partial charge in [-0.15, -0.1) is 0 Å². The second kappa shape index (κ2) is 4.45. The van der Waals surface area contributed by atoms with E-state index in [1.165, 1.54) is 18.3 Å². The molecule has 0 spiro atoms. The van der Waals surface area contributed by atoms with Gasteiger partial charge in [0.05, 0.1) is 17.6 Å². The van der Waals surface area contributed by atoms with Gasteiger partial charge in [-0.3, -0.25) is 4.98 Å². The molecular formula is C12H11F2N3. The summed E-state index contributed by atoms with van der Waals surface area (Å²) in [4.78, 5) is 9.20. The molecule has 0 aliphatic rings. The van der Waals surface area contributed by atoms with Crippen LogP contribution in [-0.4, -0.2) is 24.1 Å². The van der Waals surface area contributed by atoms with E-state index in [0.717, 1.165) is 6.20 Å². The smallest absolute Gasteiger partial charge is 0.213 e. The largest absolute Gasteiger partial charge is 0.376 e. The first-order valence-electron chi connectivity index (χ1n) is 5.02. The standard InChI is InChI=1S/C12H11F2N3/c1-17(2)10-6-9(13)7-16-12(10)8-3-4-15-11(14)5-8/h3-7H,1-2H3. The molecule has 0 bridgehead atoms. The maximum atomic E-state index is 13.1. The van der Waals surface area contributed by atoms with Crippen LogP contribution in [0.15, 0.2) is 30.6 Å². The molecule has 0 aliphatic heterocycles. The summed E-state index contributed by atoms with van der Waals surface area (Å²) in [5.41, 5.74) is 1.69. The van der Waals surface area contributed by atoms with Crippen LogP contribution in [-0.2, 0) is 0 Å². The van der Waals surface area contributed by atoms with Crippen molar-refractivity contribution in [3.8, 4) is 11.3 Å². The first-order chi connectivity index (χ1) is 8.08. The van der Waals surface area contributed by atoms with E-state index in [0.29, 0.717) is 16.9 Å². The summed E-state index contributed by atoms with van der Waals surface area (Å²) in [5.74, 6) is -1.01. The molecule has 0 amide bonds. The number of anilines is 1. The van der Waals surface area contributed by atoms with E-state index in [4.69, 9.17) is 0 Å². The molecule has 0 atom stereocenters. The average Bonchev–Trinajstić information content (AvgIpc) is 2.28. The third kappa shape index (κ3) is 2.38. The van der Waals surface area contributed by atoms with Crippen molar-refractivity contribution in [2.45, 2.75) is 0 Å². The van der Waals surface area contributed by atoms with Crippen molar-refractivity contribution >= 4 is 5.69 Å². The van der Waals surface area contributed by atoms with Crippen LogP contribution in [0.3, 0.4) is 0 Å². The number of pyridine rings is 2. The molecule has 0 saturated heterocycles. The Balaban J connectivity index is 2.59. The Labute approximate surface area is 97.7 Å². The van der Waals surface area contributed by atoms with Gasteiger partial charge >= 0.3 is 0 Å². The van der Waals surface area contributed by atoms with E-state index in [1.54, 1.807) is 25.1 Å². The van der Waals surface area contributed by atoms with E-state index in [1.807, 2.05) is 0 Å². The minimum atomic E-state index is -0.585. The number of aromatic nitrogens is 2. The zero-order chi connectivity index (χ0) is 12.4. The summed E-state index contributed by atoms with van der Waals surface area (Å²) >= 11 is 0. The van der Waals surface area contributed by atoms with Crippen molar-refractivity contribution in [2.24, 2.45) is 0 Å². The molecule has 2 heterocycles. The number of hydrogen-bond donors (Lipinski definition) is 0. The molecule has 2 rings (SSSR count). The van der Waals surface area contributed by atoms with E-state index >= 15 is 0 Å². The molecule has 0 unspecified atom stereocenters. The molecule has 17 heavy (non-hydrogen) atoms. The van der Waals surface area contributed by atoms with Gasteiger partial charge in [0.25, 0.3) is 0 Å². The Morgan fingerprint density at radius 1 is 1.12 bits per heavy atom. The van der Waals surface area contributed by atoms with E-state index in [9.17, 15) is 8.78 Å². The van der Waals surface area contributed by atoms with E-state index in [-0.39, 0.29) is 0 Å². The molecule has 2 aromatic rings. The molecule has 3 nitrogen and oxygen atoms in total. The molecule has 0 saturated carbocycles. The predicted molar refractivity (Wildman–Crippen MR) is 61.7 cm³/mol. The van der Waals surface area contributed by atoms with Gasteiger partial charge in [0.2, 0.25) is 5.95 Å². The Hall–Kier alpha value is -2.04. The fraction of sp³-hybridized carbons (Fsp3) is 0.167. The Morgan fingerprint density at radius 2 is 1.88 bits per heavy atom. The van der Waals surface area contributed by atoms with Gasteiger partial charge in [-0.1, -0.05) is 0 Å². The van der Waals surface area contributed by atoms with Crippen LogP contribution >= 0.6 is 0 Å². The minimum Gasteiger partial charge on any atom is -0.376 e. The van der Waals surface area contributed by atoms with Gasteiger partial charge in [-0.25, -0.2) is 9.37 Å². The average molecular weight is 235 g/mol. The van der Waals surface area contributed by atoms with Crippen molar-refractivity contribution in [2.75, 3.05) is 19.0 Å². The first kappa shape index (κ1) is 11.4. The highest BCUT2D eigenvalue weighted by molar-refractivity contribution is 5.74. The Bertz CT molecular complexity index is 541. The highest BCUT2D eigenvalue weighted by Gasteiger charge is 2.10. The summed E-state index contributed by atoms with van der Waals surface area (Å²) < 4.78 is 26.2. The molecular weight excluding hydrogens is 224 g/mol. The van der Waals surface area contributed by atoms with Gasteiger partial charge in [0, 0.05) is 38.0 Å². The van der Waals surface area contributed by atoms with Crippen LogP contribution in [0.2, 0.25) is 0 Å². The quantitative estimate of drug-likeness (QED) is 0.749. The lowest BCUT2D eigenvalue weighted by atomic mass is 10.1. The van der Waals surface area contributed by atoms with Crippen molar-refractivity contribution in [1.82, 2.24) is 9.97 Å². The van der Waals surface area contributed by atoms with Gasteiger partial charge in [-0.05, 0) is 6.07 Å². The fourth-order valence-corrected chi connectivity index (χ4v) is 1.54. The Morgan fingerprint density at radius 3 is 2.53 bits per heavy atom. The Kier molecular flexibility index (Phi) is 2.99. The van der Waals surface area contributed by atoms with Gasteiger partial charge in [-0.2, -0.15) is 4.39 Å². The highest BCUT2D eigenvalue weighted by Crippen LogP contribution is 2.27. The van der Waals surface area contributed by atoms with E-state index in [2.05, 4.69) is 9.97 Å². The number of rotatable bonds is 2. The second-order valence-electron chi connectivity index (χ2n) is 3.78. The van der Waals surface area contributed by atoms with E-state index < -0.39 is 11.8 Å².